The molecule has 0 saturated carbocycles. The van der Waals surface area contributed by atoms with Crippen molar-refractivity contribution in [2.45, 2.75) is 64.5 Å². The standard InChI is InChI=1S/C16H31N3O.ClH/c1-3-13(2)15(17)16(20)19-11-6-7-14(8-12-19)18-9-4-5-10-18;/h13-15H,3-12,17H2,1-2H3;1H. The Balaban J connectivity index is 0.00000220. The number of nitrogens with zero attached hydrogens (tertiary/aromatic N) is 2. The van der Waals surface area contributed by atoms with Gasteiger partial charge in [-0.05, 0) is 51.1 Å². The molecule has 2 N–H and O–H groups in total. The summed E-state index contributed by atoms with van der Waals surface area (Å²) in [6.07, 6.45) is 7.15. The van der Waals surface area contributed by atoms with E-state index in [1.807, 2.05) is 4.90 Å². The number of hydrogen-bond donors (Lipinski definition) is 1. The molecule has 0 bridgehead atoms. The van der Waals surface area contributed by atoms with Crippen LogP contribution in [0.4, 0.5) is 0 Å². The lowest BCUT2D eigenvalue weighted by Crippen LogP contribution is -2.47. The van der Waals surface area contributed by atoms with E-state index < -0.39 is 0 Å². The Kier molecular flexibility index (Phi) is 7.99. The molecule has 2 heterocycles. The zero-order valence-electron chi connectivity index (χ0n) is 13.6. The maximum absolute atomic E-state index is 12.5. The summed E-state index contributed by atoms with van der Waals surface area (Å²) in [6.45, 7) is 8.48. The molecule has 4 nitrogen and oxygen atoms in total. The van der Waals surface area contributed by atoms with Gasteiger partial charge < -0.3 is 15.5 Å². The quantitative estimate of drug-likeness (QED) is 0.865. The van der Waals surface area contributed by atoms with E-state index in [0.717, 1.165) is 32.4 Å². The summed E-state index contributed by atoms with van der Waals surface area (Å²) in [6, 6.07) is 0.374. The summed E-state index contributed by atoms with van der Waals surface area (Å²) in [5.41, 5.74) is 6.11. The van der Waals surface area contributed by atoms with Crippen LogP contribution in [0.2, 0.25) is 0 Å². The Bertz CT molecular complexity index is 321. The average Bonchev–Trinajstić information content (AvgIpc) is 2.89. The smallest absolute Gasteiger partial charge is 0.239 e. The van der Waals surface area contributed by atoms with Crippen LogP contribution in [-0.4, -0.2) is 54.0 Å². The van der Waals surface area contributed by atoms with Crippen LogP contribution in [0.25, 0.3) is 0 Å². The van der Waals surface area contributed by atoms with Gasteiger partial charge >= 0.3 is 0 Å². The second-order valence-corrected chi connectivity index (χ2v) is 6.56. The Morgan fingerprint density at radius 2 is 1.81 bits per heavy atom. The fraction of sp³-hybridized carbons (Fsp3) is 0.938. The molecule has 0 spiro atoms. The molecule has 0 aromatic carbocycles. The van der Waals surface area contributed by atoms with Gasteiger partial charge in [0.15, 0.2) is 0 Å². The number of carbonyl (C=O) groups excluding carboxylic acids is 1. The van der Waals surface area contributed by atoms with Crippen LogP contribution in [0.15, 0.2) is 0 Å². The van der Waals surface area contributed by atoms with E-state index in [-0.39, 0.29) is 30.3 Å². The lowest BCUT2D eigenvalue weighted by atomic mass is 9.99. The van der Waals surface area contributed by atoms with Crippen LogP contribution >= 0.6 is 12.4 Å². The van der Waals surface area contributed by atoms with Gasteiger partial charge in [0.25, 0.3) is 0 Å². The Morgan fingerprint density at radius 1 is 1.14 bits per heavy atom. The highest BCUT2D eigenvalue weighted by atomic mass is 35.5. The molecule has 2 saturated heterocycles. The summed E-state index contributed by atoms with van der Waals surface area (Å²) in [5, 5.41) is 0. The Morgan fingerprint density at radius 3 is 2.43 bits per heavy atom. The van der Waals surface area contributed by atoms with Gasteiger partial charge in [-0.25, -0.2) is 0 Å². The third-order valence-electron chi connectivity index (χ3n) is 5.21. The van der Waals surface area contributed by atoms with E-state index in [1.54, 1.807) is 0 Å². The molecule has 124 valence electrons. The molecule has 1 amide bonds. The molecule has 2 aliphatic rings. The summed E-state index contributed by atoms with van der Waals surface area (Å²) in [4.78, 5) is 17.1. The maximum Gasteiger partial charge on any atom is 0.239 e. The molecule has 0 aliphatic carbocycles. The number of amides is 1. The van der Waals surface area contributed by atoms with Gasteiger partial charge in [-0.15, -0.1) is 12.4 Å². The third-order valence-corrected chi connectivity index (χ3v) is 5.21. The van der Waals surface area contributed by atoms with Gasteiger partial charge in [0.1, 0.15) is 0 Å². The highest BCUT2D eigenvalue weighted by Gasteiger charge is 2.29. The first-order valence-electron chi connectivity index (χ1n) is 8.42. The fourth-order valence-corrected chi connectivity index (χ4v) is 3.48. The van der Waals surface area contributed by atoms with Gasteiger partial charge in [0, 0.05) is 19.1 Å². The first-order valence-corrected chi connectivity index (χ1v) is 8.42. The van der Waals surface area contributed by atoms with Crippen LogP contribution in [-0.2, 0) is 4.79 Å². The average molecular weight is 318 g/mol. The Labute approximate surface area is 135 Å². The van der Waals surface area contributed by atoms with E-state index in [1.165, 1.54) is 32.4 Å². The lowest BCUT2D eigenvalue weighted by Gasteiger charge is -2.28. The predicted molar refractivity (Wildman–Crippen MR) is 89.7 cm³/mol. The minimum atomic E-state index is -0.316. The zero-order valence-corrected chi connectivity index (χ0v) is 14.4. The summed E-state index contributed by atoms with van der Waals surface area (Å²) >= 11 is 0. The van der Waals surface area contributed by atoms with E-state index >= 15 is 0 Å². The Hall–Kier alpha value is -0.320. The van der Waals surface area contributed by atoms with Gasteiger partial charge in [-0.3, -0.25) is 4.79 Å². The van der Waals surface area contributed by atoms with Gasteiger partial charge in [0.05, 0.1) is 6.04 Å². The molecule has 2 aliphatic heterocycles. The van der Waals surface area contributed by atoms with Gasteiger partial charge in [0.2, 0.25) is 5.91 Å². The molecule has 0 radical (unpaired) electrons. The number of rotatable bonds is 4. The highest BCUT2D eigenvalue weighted by molar-refractivity contribution is 5.85. The molecule has 3 atom stereocenters. The molecule has 3 unspecified atom stereocenters. The number of hydrogen-bond acceptors (Lipinski definition) is 3. The van der Waals surface area contributed by atoms with Crippen molar-refractivity contribution in [2.24, 2.45) is 11.7 Å². The number of carbonyl (C=O) groups is 1. The molecular formula is C16H32ClN3O. The number of likely N-dealkylation sites (tertiary alicyclic amines) is 2. The molecule has 2 rings (SSSR count). The number of nitrogens with two attached hydrogens (primary N) is 1. The van der Waals surface area contributed by atoms with Crippen molar-refractivity contribution >= 4 is 18.3 Å². The van der Waals surface area contributed by atoms with E-state index in [0.29, 0.717) is 6.04 Å². The third kappa shape index (κ3) is 4.83. The van der Waals surface area contributed by atoms with E-state index in [4.69, 9.17) is 5.73 Å². The lowest BCUT2D eigenvalue weighted by molar-refractivity contribution is -0.133. The van der Waals surface area contributed by atoms with Crippen LogP contribution in [0, 0.1) is 5.92 Å². The topological polar surface area (TPSA) is 49.6 Å². The molecule has 0 aromatic heterocycles. The van der Waals surface area contributed by atoms with Crippen LogP contribution in [0.3, 0.4) is 0 Å². The minimum Gasteiger partial charge on any atom is -0.341 e. The van der Waals surface area contributed by atoms with Gasteiger partial charge in [-0.2, -0.15) is 0 Å². The molecule has 5 heteroatoms. The first kappa shape index (κ1) is 18.7. The normalized spacial score (nSPS) is 26.8. The van der Waals surface area contributed by atoms with Crippen molar-refractivity contribution < 1.29 is 4.79 Å². The molecule has 0 aromatic rings. The fourth-order valence-electron chi connectivity index (χ4n) is 3.48. The van der Waals surface area contributed by atoms with Crippen molar-refractivity contribution in [1.82, 2.24) is 9.80 Å². The monoisotopic (exact) mass is 317 g/mol. The largest absolute Gasteiger partial charge is 0.341 e. The zero-order chi connectivity index (χ0) is 14.5. The highest BCUT2D eigenvalue weighted by Crippen LogP contribution is 2.22. The summed E-state index contributed by atoms with van der Waals surface area (Å²) in [7, 11) is 0. The van der Waals surface area contributed by atoms with Crippen LogP contribution < -0.4 is 5.73 Å². The molecule has 2 fully saturated rings. The van der Waals surface area contributed by atoms with Crippen molar-refractivity contribution in [3.05, 3.63) is 0 Å². The van der Waals surface area contributed by atoms with Crippen molar-refractivity contribution in [1.29, 1.82) is 0 Å². The van der Waals surface area contributed by atoms with E-state index in [9.17, 15) is 4.79 Å². The van der Waals surface area contributed by atoms with Crippen molar-refractivity contribution in [3.63, 3.8) is 0 Å². The van der Waals surface area contributed by atoms with Gasteiger partial charge in [-0.1, -0.05) is 20.3 Å². The maximum atomic E-state index is 12.5. The second kappa shape index (κ2) is 8.96. The summed E-state index contributed by atoms with van der Waals surface area (Å²) in [5.74, 6) is 0.446. The molecular weight excluding hydrogens is 286 g/mol. The molecule has 21 heavy (non-hydrogen) atoms. The van der Waals surface area contributed by atoms with Crippen molar-refractivity contribution in [3.8, 4) is 0 Å². The van der Waals surface area contributed by atoms with Crippen LogP contribution in [0.5, 0.6) is 0 Å². The minimum absolute atomic E-state index is 0. The second-order valence-electron chi connectivity index (χ2n) is 6.56. The SMILES string of the molecule is CCC(C)C(N)C(=O)N1CCCC(N2CCCC2)CC1.Cl. The van der Waals surface area contributed by atoms with E-state index in [2.05, 4.69) is 18.7 Å². The first-order chi connectivity index (χ1) is 9.63. The van der Waals surface area contributed by atoms with Crippen molar-refractivity contribution in [2.75, 3.05) is 26.2 Å². The van der Waals surface area contributed by atoms with Crippen LogP contribution in [0.1, 0.15) is 52.4 Å². The number of halogens is 1. The predicted octanol–water partition coefficient (Wildman–Crippen LogP) is 2.26. The summed E-state index contributed by atoms with van der Waals surface area (Å²) < 4.78 is 0.